The predicted octanol–water partition coefficient (Wildman–Crippen LogP) is 4.63. The van der Waals surface area contributed by atoms with Crippen LogP contribution in [-0.2, 0) is 0 Å². The van der Waals surface area contributed by atoms with Gasteiger partial charge in [-0.05, 0) is 48.8 Å². The van der Waals surface area contributed by atoms with E-state index in [4.69, 9.17) is 11.6 Å². The van der Waals surface area contributed by atoms with Crippen LogP contribution < -0.4 is 0 Å². The van der Waals surface area contributed by atoms with Crippen LogP contribution in [0, 0.1) is 0 Å². The highest BCUT2D eigenvalue weighted by Gasteiger charge is 2.44. The molecular formula is C15H12ClF3N4S. The van der Waals surface area contributed by atoms with Crippen molar-refractivity contribution >= 4 is 29.2 Å². The van der Waals surface area contributed by atoms with Crippen molar-refractivity contribution in [2.24, 2.45) is 0 Å². The van der Waals surface area contributed by atoms with Crippen molar-refractivity contribution in [3.8, 4) is 0 Å². The van der Waals surface area contributed by atoms with Crippen LogP contribution in [0.2, 0.25) is 5.02 Å². The Morgan fingerprint density at radius 2 is 1.92 bits per heavy atom. The third kappa shape index (κ3) is 3.66. The Hall–Kier alpha value is -1.77. The Morgan fingerprint density at radius 1 is 1.21 bits per heavy atom. The number of alkyl halides is 3. The van der Waals surface area contributed by atoms with Gasteiger partial charge >= 0.3 is 6.18 Å². The van der Waals surface area contributed by atoms with E-state index >= 15 is 0 Å². The molecule has 0 amide bonds. The fourth-order valence-corrected chi connectivity index (χ4v) is 3.41. The molecule has 4 nitrogen and oxygen atoms in total. The van der Waals surface area contributed by atoms with Crippen molar-refractivity contribution in [1.82, 2.24) is 18.9 Å². The van der Waals surface area contributed by atoms with Crippen LogP contribution in [-0.4, -0.2) is 32.1 Å². The molecule has 0 N–H and O–H groups in total. The van der Waals surface area contributed by atoms with Crippen LogP contribution in [0.5, 0.6) is 0 Å². The van der Waals surface area contributed by atoms with E-state index in [0.717, 1.165) is 11.9 Å². The molecule has 0 unspecified atom stereocenters. The van der Waals surface area contributed by atoms with Crippen LogP contribution in [0.15, 0.2) is 53.8 Å². The van der Waals surface area contributed by atoms with Gasteiger partial charge < -0.3 is 0 Å². The topological polar surface area (TPSA) is 33.4 Å². The van der Waals surface area contributed by atoms with Gasteiger partial charge in [0.05, 0.1) is 0 Å². The first-order valence-corrected chi connectivity index (χ1v) is 8.02. The van der Waals surface area contributed by atoms with Gasteiger partial charge in [-0.1, -0.05) is 23.7 Å². The van der Waals surface area contributed by atoms with Gasteiger partial charge in [-0.15, -0.1) is 0 Å². The minimum absolute atomic E-state index is 0.130. The van der Waals surface area contributed by atoms with Crippen molar-refractivity contribution in [2.45, 2.75) is 17.1 Å². The smallest absolute Gasteiger partial charge is 0.233 e. The molecule has 24 heavy (non-hydrogen) atoms. The largest absolute Gasteiger partial charge is 0.408 e. The SMILES string of the molecule is CN(Sc1ccn2ncnc2c1)[C@H](c1ccc(Cl)cc1)C(F)(F)F. The van der Waals surface area contributed by atoms with Crippen LogP contribution in [0.25, 0.3) is 5.65 Å². The van der Waals surface area contributed by atoms with Crippen LogP contribution in [0.1, 0.15) is 11.6 Å². The van der Waals surface area contributed by atoms with Crippen molar-refractivity contribution in [1.29, 1.82) is 0 Å². The summed E-state index contributed by atoms with van der Waals surface area (Å²) in [7, 11) is 1.41. The van der Waals surface area contributed by atoms with Crippen LogP contribution in [0.3, 0.4) is 0 Å². The Labute approximate surface area is 145 Å². The highest BCUT2D eigenvalue weighted by molar-refractivity contribution is 7.97. The summed E-state index contributed by atoms with van der Waals surface area (Å²) >= 11 is 6.76. The lowest BCUT2D eigenvalue weighted by molar-refractivity contribution is -0.169. The van der Waals surface area contributed by atoms with Gasteiger partial charge in [0.2, 0.25) is 0 Å². The van der Waals surface area contributed by atoms with Crippen molar-refractivity contribution in [3.05, 3.63) is 59.5 Å². The molecule has 9 heteroatoms. The first-order chi connectivity index (χ1) is 11.3. The van der Waals surface area contributed by atoms with Crippen LogP contribution >= 0.6 is 23.5 Å². The summed E-state index contributed by atoms with van der Waals surface area (Å²) in [5.41, 5.74) is 0.703. The molecule has 0 spiro atoms. The second-order valence-corrected chi connectivity index (χ2v) is 6.72. The first-order valence-electron chi connectivity index (χ1n) is 6.87. The number of pyridine rings is 1. The van der Waals surface area contributed by atoms with E-state index in [0.29, 0.717) is 15.6 Å². The first kappa shape index (κ1) is 17.1. The Kier molecular flexibility index (Phi) is 4.71. The monoisotopic (exact) mass is 372 g/mol. The second kappa shape index (κ2) is 6.62. The lowest BCUT2D eigenvalue weighted by Gasteiger charge is -2.29. The molecule has 0 aliphatic heterocycles. The van der Waals surface area contributed by atoms with E-state index in [9.17, 15) is 13.2 Å². The van der Waals surface area contributed by atoms with Crippen molar-refractivity contribution in [3.63, 3.8) is 0 Å². The maximum atomic E-state index is 13.5. The summed E-state index contributed by atoms with van der Waals surface area (Å²) in [4.78, 5) is 4.67. The van der Waals surface area contributed by atoms with E-state index in [1.165, 1.54) is 41.9 Å². The molecule has 1 atom stereocenters. The zero-order valence-electron chi connectivity index (χ0n) is 12.4. The quantitative estimate of drug-likeness (QED) is 0.625. The summed E-state index contributed by atoms with van der Waals surface area (Å²) in [5.74, 6) is 0. The number of halogens is 4. The lowest BCUT2D eigenvalue weighted by Crippen LogP contribution is -2.31. The van der Waals surface area contributed by atoms with Crippen molar-refractivity contribution < 1.29 is 13.2 Å². The highest BCUT2D eigenvalue weighted by Crippen LogP contribution is 2.41. The molecule has 126 valence electrons. The molecule has 3 aromatic rings. The van der Waals surface area contributed by atoms with Gasteiger partial charge in [-0.3, -0.25) is 0 Å². The fourth-order valence-electron chi connectivity index (χ4n) is 2.32. The number of fused-ring (bicyclic) bond motifs is 1. The molecule has 0 aliphatic rings. The summed E-state index contributed by atoms with van der Waals surface area (Å²) in [6.45, 7) is 0. The molecule has 1 aromatic carbocycles. The summed E-state index contributed by atoms with van der Waals surface area (Å²) < 4.78 is 43.4. The average molecular weight is 373 g/mol. The maximum Gasteiger partial charge on any atom is 0.408 e. The van der Waals surface area contributed by atoms with E-state index in [1.54, 1.807) is 22.8 Å². The van der Waals surface area contributed by atoms with Crippen LogP contribution in [0.4, 0.5) is 13.2 Å². The molecule has 0 saturated carbocycles. The number of hydrogen-bond acceptors (Lipinski definition) is 4. The zero-order valence-corrected chi connectivity index (χ0v) is 14.0. The van der Waals surface area contributed by atoms with Gasteiger partial charge in [0, 0.05) is 16.1 Å². The number of aromatic nitrogens is 3. The highest BCUT2D eigenvalue weighted by atomic mass is 35.5. The molecule has 0 bridgehead atoms. The normalized spacial score (nSPS) is 13.6. The third-order valence-electron chi connectivity index (χ3n) is 3.36. The van der Waals surface area contributed by atoms with Gasteiger partial charge in [-0.25, -0.2) is 13.8 Å². The zero-order chi connectivity index (χ0) is 17.3. The molecule has 0 aliphatic carbocycles. The standard InChI is InChI=1S/C15H12ClF3N4S/c1-22(24-12-6-7-23-13(8-12)20-9-21-23)14(15(17,18)19)10-2-4-11(16)5-3-10/h2-9,14H,1H3/t14-/m1/s1. The maximum absolute atomic E-state index is 13.5. The van der Waals surface area contributed by atoms with Crippen molar-refractivity contribution in [2.75, 3.05) is 7.05 Å². The molecular weight excluding hydrogens is 361 g/mol. The van der Waals surface area contributed by atoms with E-state index in [1.807, 2.05) is 0 Å². The summed E-state index contributed by atoms with van der Waals surface area (Å²) in [6.07, 6.45) is -1.38. The summed E-state index contributed by atoms with van der Waals surface area (Å²) in [5, 5.41) is 4.35. The molecule has 2 heterocycles. The van der Waals surface area contributed by atoms with Gasteiger partial charge in [-0.2, -0.15) is 18.3 Å². The molecule has 2 aromatic heterocycles. The van der Waals surface area contributed by atoms with E-state index in [2.05, 4.69) is 10.1 Å². The van der Waals surface area contributed by atoms with Gasteiger partial charge in [0.1, 0.15) is 12.4 Å². The summed E-state index contributed by atoms with van der Waals surface area (Å²) in [6, 6.07) is 7.31. The molecule has 0 saturated heterocycles. The molecule has 0 fully saturated rings. The lowest BCUT2D eigenvalue weighted by atomic mass is 10.1. The van der Waals surface area contributed by atoms with E-state index in [-0.39, 0.29) is 5.56 Å². The fraction of sp³-hybridized carbons (Fsp3) is 0.200. The second-order valence-electron chi connectivity index (χ2n) is 5.06. The molecule has 3 rings (SSSR count). The van der Waals surface area contributed by atoms with Gasteiger partial charge in [0.15, 0.2) is 5.65 Å². The number of rotatable bonds is 4. The minimum Gasteiger partial charge on any atom is -0.233 e. The number of hydrogen-bond donors (Lipinski definition) is 0. The Balaban J connectivity index is 1.88. The Morgan fingerprint density at radius 3 is 2.58 bits per heavy atom. The Bertz CT molecular complexity index is 835. The number of nitrogens with zero attached hydrogens (tertiary/aromatic N) is 4. The molecule has 0 radical (unpaired) electrons. The number of benzene rings is 1. The van der Waals surface area contributed by atoms with Gasteiger partial charge in [0.25, 0.3) is 0 Å². The third-order valence-corrected chi connectivity index (χ3v) is 4.58. The minimum atomic E-state index is -4.42. The predicted molar refractivity (Wildman–Crippen MR) is 86.9 cm³/mol. The van der Waals surface area contributed by atoms with E-state index < -0.39 is 12.2 Å². The average Bonchev–Trinajstić information content (AvgIpc) is 2.95.